The van der Waals surface area contributed by atoms with Crippen molar-refractivity contribution in [2.75, 3.05) is 0 Å². The van der Waals surface area contributed by atoms with E-state index in [0.29, 0.717) is 16.8 Å². The Kier molecular flexibility index (Phi) is 3.63. The Hall–Kier alpha value is -2.32. The Balaban J connectivity index is 1.79. The van der Waals surface area contributed by atoms with Gasteiger partial charge in [0.15, 0.2) is 10.3 Å². The highest BCUT2D eigenvalue weighted by Crippen LogP contribution is 2.21. The minimum absolute atomic E-state index is 0.0393. The number of thiazole rings is 1. The van der Waals surface area contributed by atoms with Gasteiger partial charge in [0.2, 0.25) is 0 Å². The van der Waals surface area contributed by atoms with E-state index in [1.807, 2.05) is 0 Å². The van der Waals surface area contributed by atoms with Crippen molar-refractivity contribution < 1.29 is 4.92 Å². The fraction of sp³-hybridized carbons (Fsp3) is 0.0833. The van der Waals surface area contributed by atoms with Gasteiger partial charge in [0, 0.05) is 28.8 Å². The van der Waals surface area contributed by atoms with Crippen molar-refractivity contribution in [2.24, 2.45) is 0 Å². The van der Waals surface area contributed by atoms with Crippen LogP contribution in [0.25, 0.3) is 11.4 Å². The fourth-order valence-electron chi connectivity index (χ4n) is 1.75. The van der Waals surface area contributed by atoms with Gasteiger partial charge in [-0.25, -0.2) is 14.6 Å². The lowest BCUT2D eigenvalue weighted by Gasteiger charge is -1.97. The van der Waals surface area contributed by atoms with E-state index in [1.165, 1.54) is 23.5 Å². The predicted octanol–water partition coefficient (Wildman–Crippen LogP) is 3.01. The van der Waals surface area contributed by atoms with Crippen LogP contribution in [0.2, 0.25) is 4.47 Å². The van der Waals surface area contributed by atoms with Crippen molar-refractivity contribution in [3.05, 3.63) is 56.2 Å². The maximum Gasteiger partial charge on any atom is 0.269 e. The van der Waals surface area contributed by atoms with Gasteiger partial charge in [0.25, 0.3) is 5.69 Å². The molecule has 0 saturated carbocycles. The van der Waals surface area contributed by atoms with Gasteiger partial charge in [-0.1, -0.05) is 11.6 Å². The van der Waals surface area contributed by atoms with Crippen LogP contribution >= 0.6 is 22.9 Å². The molecule has 0 spiro atoms. The Morgan fingerprint density at radius 1 is 1.29 bits per heavy atom. The maximum atomic E-state index is 10.6. The standard InChI is InChI=1S/C12H8ClN5O2S/c13-12-14-5-10(21-12)6-17-7-15-11(16-17)8-1-3-9(4-2-8)18(19)20/h1-5,7H,6H2. The van der Waals surface area contributed by atoms with E-state index in [2.05, 4.69) is 15.1 Å². The van der Waals surface area contributed by atoms with Gasteiger partial charge in [0.1, 0.15) is 6.33 Å². The molecule has 0 aliphatic rings. The van der Waals surface area contributed by atoms with Crippen LogP contribution in [0.3, 0.4) is 0 Å². The summed E-state index contributed by atoms with van der Waals surface area (Å²) in [5.74, 6) is 0.514. The van der Waals surface area contributed by atoms with Crippen LogP contribution in [-0.4, -0.2) is 24.7 Å². The van der Waals surface area contributed by atoms with Crippen LogP contribution in [0.1, 0.15) is 4.88 Å². The number of aromatic nitrogens is 4. The van der Waals surface area contributed by atoms with Crippen LogP contribution in [0.5, 0.6) is 0 Å². The normalized spacial score (nSPS) is 10.7. The highest BCUT2D eigenvalue weighted by Gasteiger charge is 2.09. The number of nitrogens with zero attached hydrogens (tertiary/aromatic N) is 5. The second kappa shape index (κ2) is 5.58. The molecule has 2 aromatic heterocycles. The first-order chi connectivity index (χ1) is 10.1. The van der Waals surface area contributed by atoms with Crippen LogP contribution in [-0.2, 0) is 6.54 Å². The lowest BCUT2D eigenvalue weighted by molar-refractivity contribution is -0.384. The number of halogens is 1. The van der Waals surface area contributed by atoms with Crippen molar-refractivity contribution >= 4 is 28.6 Å². The summed E-state index contributed by atoms with van der Waals surface area (Å²) in [6.07, 6.45) is 3.30. The van der Waals surface area contributed by atoms with Gasteiger partial charge >= 0.3 is 0 Å². The van der Waals surface area contributed by atoms with Crippen molar-refractivity contribution in [1.29, 1.82) is 0 Å². The molecule has 0 fully saturated rings. The molecule has 1 aromatic carbocycles. The van der Waals surface area contributed by atoms with E-state index >= 15 is 0 Å². The first kappa shape index (κ1) is 13.7. The number of rotatable bonds is 4. The minimum atomic E-state index is -0.441. The number of hydrogen-bond acceptors (Lipinski definition) is 6. The first-order valence-corrected chi connectivity index (χ1v) is 7.06. The fourth-order valence-corrected chi connectivity index (χ4v) is 2.72. The molecule has 2 heterocycles. The summed E-state index contributed by atoms with van der Waals surface area (Å²) in [5.41, 5.74) is 0.763. The van der Waals surface area contributed by atoms with E-state index in [0.717, 1.165) is 10.4 Å². The molecule has 3 aromatic rings. The van der Waals surface area contributed by atoms with E-state index in [9.17, 15) is 10.1 Å². The molecule has 0 atom stereocenters. The van der Waals surface area contributed by atoms with Crippen molar-refractivity contribution in [3.63, 3.8) is 0 Å². The van der Waals surface area contributed by atoms with Gasteiger partial charge in [-0.05, 0) is 12.1 Å². The lowest BCUT2D eigenvalue weighted by Crippen LogP contribution is -1.98. The maximum absolute atomic E-state index is 10.6. The highest BCUT2D eigenvalue weighted by molar-refractivity contribution is 7.15. The highest BCUT2D eigenvalue weighted by atomic mass is 35.5. The Morgan fingerprint density at radius 3 is 2.67 bits per heavy atom. The van der Waals surface area contributed by atoms with Crippen LogP contribution in [0, 0.1) is 10.1 Å². The zero-order chi connectivity index (χ0) is 14.8. The van der Waals surface area contributed by atoms with Crippen LogP contribution in [0.15, 0.2) is 36.8 Å². The van der Waals surface area contributed by atoms with E-state index in [1.54, 1.807) is 29.3 Å². The number of non-ortho nitro benzene ring substituents is 1. The van der Waals surface area contributed by atoms with Crippen molar-refractivity contribution in [3.8, 4) is 11.4 Å². The molecule has 0 unspecified atom stereocenters. The molecule has 0 amide bonds. The number of benzene rings is 1. The van der Waals surface area contributed by atoms with Gasteiger partial charge < -0.3 is 0 Å². The third kappa shape index (κ3) is 3.06. The summed E-state index contributed by atoms with van der Waals surface area (Å²) in [5, 5.41) is 14.9. The average Bonchev–Trinajstić information content (AvgIpc) is 3.09. The number of nitro benzene ring substituents is 1. The Morgan fingerprint density at radius 2 is 2.05 bits per heavy atom. The largest absolute Gasteiger partial charge is 0.269 e. The summed E-state index contributed by atoms with van der Waals surface area (Å²) in [7, 11) is 0. The van der Waals surface area contributed by atoms with Crippen LogP contribution < -0.4 is 0 Å². The molecule has 0 N–H and O–H groups in total. The third-order valence-electron chi connectivity index (χ3n) is 2.72. The molecule has 106 valence electrons. The molecule has 3 rings (SSSR count). The molecule has 0 aliphatic heterocycles. The quantitative estimate of drug-likeness (QED) is 0.544. The third-order valence-corrected chi connectivity index (χ3v) is 3.82. The summed E-state index contributed by atoms with van der Waals surface area (Å²) < 4.78 is 2.15. The van der Waals surface area contributed by atoms with Gasteiger partial charge in [-0.2, -0.15) is 5.10 Å². The molecular formula is C12H8ClN5O2S. The Bertz CT molecular complexity index is 783. The molecule has 21 heavy (non-hydrogen) atoms. The number of nitro groups is 1. The molecule has 7 nitrogen and oxygen atoms in total. The summed E-state index contributed by atoms with van der Waals surface area (Å²) in [6.45, 7) is 0.532. The van der Waals surface area contributed by atoms with Crippen LogP contribution in [0.4, 0.5) is 5.69 Å². The molecule has 0 aliphatic carbocycles. The monoisotopic (exact) mass is 321 g/mol. The van der Waals surface area contributed by atoms with E-state index < -0.39 is 4.92 Å². The number of hydrogen-bond donors (Lipinski definition) is 0. The minimum Gasteiger partial charge on any atom is -0.258 e. The summed E-state index contributed by atoms with van der Waals surface area (Å²) >= 11 is 7.16. The average molecular weight is 322 g/mol. The second-order valence-electron chi connectivity index (χ2n) is 4.15. The van der Waals surface area contributed by atoms with Gasteiger partial charge in [0.05, 0.1) is 11.5 Å². The second-order valence-corrected chi connectivity index (χ2v) is 5.85. The first-order valence-electron chi connectivity index (χ1n) is 5.86. The Labute approximate surface area is 128 Å². The topological polar surface area (TPSA) is 86.7 Å². The SMILES string of the molecule is O=[N+]([O-])c1ccc(-c2ncn(Cc3cnc(Cl)s3)n2)cc1. The van der Waals surface area contributed by atoms with Crippen molar-refractivity contribution in [1.82, 2.24) is 19.7 Å². The molecule has 0 bridgehead atoms. The zero-order valence-electron chi connectivity index (χ0n) is 10.5. The van der Waals surface area contributed by atoms with Gasteiger partial charge in [-0.15, -0.1) is 11.3 Å². The van der Waals surface area contributed by atoms with E-state index in [-0.39, 0.29) is 5.69 Å². The smallest absolute Gasteiger partial charge is 0.258 e. The zero-order valence-corrected chi connectivity index (χ0v) is 12.1. The molecule has 0 saturated heterocycles. The lowest BCUT2D eigenvalue weighted by atomic mass is 10.2. The molecular weight excluding hydrogens is 314 g/mol. The summed E-state index contributed by atoms with van der Waals surface area (Å²) in [4.78, 5) is 19.3. The van der Waals surface area contributed by atoms with Gasteiger partial charge in [-0.3, -0.25) is 10.1 Å². The predicted molar refractivity (Wildman–Crippen MR) is 78.3 cm³/mol. The molecule has 9 heteroatoms. The summed E-state index contributed by atoms with van der Waals surface area (Å²) in [6, 6.07) is 6.11. The van der Waals surface area contributed by atoms with E-state index in [4.69, 9.17) is 11.6 Å². The molecule has 0 radical (unpaired) electrons. The van der Waals surface area contributed by atoms with Crippen molar-refractivity contribution in [2.45, 2.75) is 6.54 Å².